The zero-order valence-electron chi connectivity index (χ0n) is 23.9. The lowest BCUT2D eigenvalue weighted by Crippen LogP contribution is -2.47. The maximum absolute atomic E-state index is 12.8. The molecule has 1 N–H and O–H groups in total. The van der Waals surface area contributed by atoms with Crippen LogP contribution in [-0.4, -0.2) is 36.6 Å². The number of allylic oxidation sites excluding steroid dienone is 4. The Hall–Kier alpha value is -2.11. The topological polar surface area (TPSA) is 81.7 Å². The van der Waals surface area contributed by atoms with Gasteiger partial charge in [0.15, 0.2) is 0 Å². The van der Waals surface area contributed by atoms with Gasteiger partial charge in [-0.15, -0.1) is 0 Å². The summed E-state index contributed by atoms with van der Waals surface area (Å²) in [6.07, 6.45) is 24.6. The van der Waals surface area contributed by atoms with Crippen molar-refractivity contribution < 1.29 is 23.9 Å². The van der Waals surface area contributed by atoms with Crippen LogP contribution in [0.1, 0.15) is 124 Å². The second-order valence-electron chi connectivity index (χ2n) is 10.8. The van der Waals surface area contributed by atoms with E-state index in [4.69, 9.17) is 9.47 Å². The van der Waals surface area contributed by atoms with E-state index in [0.29, 0.717) is 19.3 Å². The minimum Gasteiger partial charge on any atom is -0.461 e. The zero-order valence-corrected chi connectivity index (χ0v) is 23.9. The average molecular weight is 520 g/mol. The van der Waals surface area contributed by atoms with Gasteiger partial charge in [0.2, 0.25) is 6.41 Å². The van der Waals surface area contributed by atoms with Crippen LogP contribution in [0, 0.1) is 11.8 Å². The van der Waals surface area contributed by atoms with Crippen LogP contribution >= 0.6 is 0 Å². The van der Waals surface area contributed by atoms with Gasteiger partial charge in [-0.05, 0) is 63.7 Å². The van der Waals surface area contributed by atoms with E-state index in [1.165, 1.54) is 38.5 Å². The van der Waals surface area contributed by atoms with Crippen molar-refractivity contribution in [2.45, 2.75) is 142 Å². The first-order valence-electron chi connectivity index (χ1n) is 14.8. The predicted molar refractivity (Wildman–Crippen MR) is 150 cm³/mol. The molecule has 0 aromatic carbocycles. The van der Waals surface area contributed by atoms with Gasteiger partial charge in [0.1, 0.15) is 18.2 Å². The van der Waals surface area contributed by atoms with E-state index in [2.05, 4.69) is 36.5 Å². The molecule has 1 amide bonds. The Morgan fingerprint density at radius 2 is 1.62 bits per heavy atom. The van der Waals surface area contributed by atoms with Crippen LogP contribution < -0.4 is 5.32 Å². The minimum atomic E-state index is -0.643. The Labute approximate surface area is 226 Å². The molecule has 1 aliphatic rings. The highest BCUT2D eigenvalue weighted by atomic mass is 16.6. The Balaban J connectivity index is 2.35. The van der Waals surface area contributed by atoms with Crippen LogP contribution in [0.4, 0.5) is 0 Å². The Kier molecular flexibility index (Phi) is 18.6. The molecule has 1 aliphatic heterocycles. The first-order chi connectivity index (χ1) is 17.9. The smallest absolute Gasteiger partial charge is 0.328 e. The lowest BCUT2D eigenvalue weighted by atomic mass is 9.89. The molecular weight excluding hydrogens is 466 g/mol. The van der Waals surface area contributed by atoms with Crippen molar-refractivity contribution in [2.24, 2.45) is 11.8 Å². The lowest BCUT2D eigenvalue weighted by Gasteiger charge is -2.36. The van der Waals surface area contributed by atoms with Crippen molar-refractivity contribution in [2.75, 3.05) is 0 Å². The molecular formula is C31H53NO5. The molecule has 0 spiro atoms. The fraction of sp³-hybridized carbons (Fsp3) is 0.774. The molecule has 1 saturated heterocycles. The van der Waals surface area contributed by atoms with Crippen molar-refractivity contribution in [1.82, 2.24) is 5.32 Å². The molecule has 37 heavy (non-hydrogen) atoms. The van der Waals surface area contributed by atoms with E-state index in [1.54, 1.807) is 0 Å². The van der Waals surface area contributed by atoms with Crippen molar-refractivity contribution >= 4 is 18.3 Å². The number of hydrogen-bond acceptors (Lipinski definition) is 5. The van der Waals surface area contributed by atoms with E-state index in [9.17, 15) is 14.4 Å². The van der Waals surface area contributed by atoms with Gasteiger partial charge >= 0.3 is 11.9 Å². The van der Waals surface area contributed by atoms with Crippen LogP contribution in [0.3, 0.4) is 0 Å². The number of amides is 1. The third kappa shape index (κ3) is 15.0. The molecule has 0 saturated carbocycles. The third-order valence-corrected chi connectivity index (χ3v) is 6.97. The summed E-state index contributed by atoms with van der Waals surface area (Å²) in [7, 11) is 0. The monoisotopic (exact) mass is 519 g/mol. The van der Waals surface area contributed by atoms with Crippen molar-refractivity contribution in [3.8, 4) is 0 Å². The van der Waals surface area contributed by atoms with Gasteiger partial charge in [-0.1, -0.05) is 84.1 Å². The molecule has 1 fully saturated rings. The maximum Gasteiger partial charge on any atom is 0.328 e. The van der Waals surface area contributed by atoms with Crippen molar-refractivity contribution in [1.29, 1.82) is 0 Å². The van der Waals surface area contributed by atoms with Crippen LogP contribution in [0.25, 0.3) is 0 Å². The number of nitrogens with one attached hydrogen (secondary N) is 1. The average Bonchev–Trinajstić information content (AvgIpc) is 2.85. The summed E-state index contributed by atoms with van der Waals surface area (Å²) in [5.74, 6) is -0.408. The summed E-state index contributed by atoms with van der Waals surface area (Å²) in [6.45, 7) is 8.22. The molecule has 212 valence electrons. The summed E-state index contributed by atoms with van der Waals surface area (Å²) >= 11 is 0. The molecule has 1 rings (SSSR count). The normalized spacial score (nSPS) is 19.1. The van der Waals surface area contributed by atoms with Crippen LogP contribution in [0.15, 0.2) is 24.3 Å². The van der Waals surface area contributed by atoms with Crippen LogP contribution in [-0.2, 0) is 23.9 Å². The largest absolute Gasteiger partial charge is 0.461 e. The van der Waals surface area contributed by atoms with Gasteiger partial charge in [0.25, 0.3) is 0 Å². The summed E-state index contributed by atoms with van der Waals surface area (Å²) in [4.78, 5) is 35.5. The van der Waals surface area contributed by atoms with Crippen LogP contribution in [0.5, 0.6) is 0 Å². The van der Waals surface area contributed by atoms with Gasteiger partial charge < -0.3 is 14.8 Å². The van der Waals surface area contributed by atoms with Gasteiger partial charge in [-0.25, -0.2) is 4.79 Å². The fourth-order valence-electron chi connectivity index (χ4n) is 4.74. The molecule has 0 aromatic rings. The molecule has 4 atom stereocenters. The van der Waals surface area contributed by atoms with Crippen LogP contribution in [0.2, 0.25) is 0 Å². The summed E-state index contributed by atoms with van der Waals surface area (Å²) in [5, 5.41) is 2.60. The highest BCUT2D eigenvalue weighted by Gasteiger charge is 2.42. The fourth-order valence-corrected chi connectivity index (χ4v) is 4.74. The van der Waals surface area contributed by atoms with Gasteiger partial charge in [0.05, 0.1) is 5.92 Å². The molecule has 6 heteroatoms. The van der Waals surface area contributed by atoms with Crippen molar-refractivity contribution in [3.63, 3.8) is 0 Å². The molecule has 0 radical (unpaired) electrons. The number of cyclic esters (lactones) is 1. The predicted octanol–water partition coefficient (Wildman–Crippen LogP) is 7.21. The number of hydrogen-bond donors (Lipinski definition) is 1. The van der Waals surface area contributed by atoms with Crippen molar-refractivity contribution in [3.05, 3.63) is 24.3 Å². The van der Waals surface area contributed by atoms with E-state index in [-0.39, 0.29) is 30.0 Å². The maximum atomic E-state index is 12.8. The minimum absolute atomic E-state index is 0.106. The summed E-state index contributed by atoms with van der Waals surface area (Å²) in [6, 6.07) is -0.643. The second kappa shape index (κ2) is 20.9. The third-order valence-electron chi connectivity index (χ3n) is 6.97. The molecule has 1 heterocycles. The van der Waals surface area contributed by atoms with Gasteiger partial charge in [0, 0.05) is 6.42 Å². The highest BCUT2D eigenvalue weighted by Crippen LogP contribution is 2.31. The summed E-state index contributed by atoms with van der Waals surface area (Å²) in [5.41, 5.74) is 0. The number of ether oxygens (including phenoxy) is 2. The van der Waals surface area contributed by atoms with Gasteiger partial charge in [-0.2, -0.15) is 0 Å². The molecule has 6 nitrogen and oxygen atoms in total. The Morgan fingerprint density at radius 1 is 0.973 bits per heavy atom. The van der Waals surface area contributed by atoms with Gasteiger partial charge in [-0.3, -0.25) is 9.59 Å². The quantitative estimate of drug-likeness (QED) is 0.0667. The first-order valence-corrected chi connectivity index (χ1v) is 14.8. The number of rotatable bonds is 23. The second-order valence-corrected chi connectivity index (χ2v) is 10.8. The van der Waals surface area contributed by atoms with E-state index in [0.717, 1.165) is 44.9 Å². The molecule has 0 bridgehead atoms. The number of unbranched alkanes of at least 4 members (excludes halogenated alkanes) is 8. The van der Waals surface area contributed by atoms with E-state index < -0.39 is 12.0 Å². The molecule has 0 unspecified atom stereocenters. The SMILES string of the molecule is CCCCC/C=C\C/C=C\CCCCCCC[C@@H](C[C@@H]1OC(=O)[C@H]1CC)OC(=O)[C@H](CC(C)C)NC=O. The Bertz CT molecular complexity index is 687. The molecule has 0 aromatic heterocycles. The Morgan fingerprint density at radius 3 is 2.22 bits per heavy atom. The molecule has 0 aliphatic carbocycles. The highest BCUT2D eigenvalue weighted by molar-refractivity contribution is 5.79. The number of esters is 2. The summed E-state index contributed by atoms with van der Waals surface area (Å²) < 4.78 is 11.2. The zero-order chi connectivity index (χ0) is 27.3. The number of carbonyl (C=O) groups is 3. The first kappa shape index (κ1) is 32.9. The standard InChI is InChI=1S/C31H53NO5/c1-5-7-8-9-10-11-12-13-14-15-16-17-18-19-20-21-26(23-29-27(6-2)30(34)37-29)36-31(35)28(32-24-33)22-25(3)4/h10-11,13-14,24-29H,5-9,12,15-23H2,1-4H3,(H,32,33)/b11-10-,14-13-/t26-,27-,28-,29-/m0/s1. The van der Waals surface area contributed by atoms with E-state index >= 15 is 0 Å². The lowest BCUT2D eigenvalue weighted by molar-refractivity contribution is -0.190. The number of carbonyl (C=O) groups excluding carboxylic acids is 3. The van der Waals surface area contributed by atoms with E-state index in [1.807, 2.05) is 20.8 Å².